The quantitative estimate of drug-likeness (QED) is 0.876. The Balaban J connectivity index is 1.75. The van der Waals surface area contributed by atoms with Crippen LogP contribution in [0.4, 0.5) is 0 Å². The second-order valence-corrected chi connectivity index (χ2v) is 5.78. The molecule has 0 unspecified atom stereocenters. The number of rotatable bonds is 6. The Morgan fingerprint density at radius 3 is 2.41 bits per heavy atom. The van der Waals surface area contributed by atoms with Crippen molar-refractivity contribution in [2.75, 3.05) is 19.6 Å². The van der Waals surface area contributed by atoms with Crippen LogP contribution in [0.2, 0.25) is 0 Å². The molecule has 1 aromatic carbocycles. The van der Waals surface area contributed by atoms with Gasteiger partial charge in [0, 0.05) is 31.6 Å². The van der Waals surface area contributed by atoms with E-state index in [1.807, 2.05) is 18.7 Å². The molecule has 5 nitrogen and oxygen atoms in total. The summed E-state index contributed by atoms with van der Waals surface area (Å²) in [5.41, 5.74) is 0.574. The number of nitrogens with one attached hydrogen (secondary N) is 1. The van der Waals surface area contributed by atoms with Crippen LogP contribution < -0.4 is 10.1 Å². The van der Waals surface area contributed by atoms with E-state index >= 15 is 0 Å². The molecule has 0 aromatic heterocycles. The van der Waals surface area contributed by atoms with Gasteiger partial charge >= 0.3 is 0 Å². The fraction of sp³-hybridized carbons (Fsp3) is 0.529. The summed E-state index contributed by atoms with van der Waals surface area (Å²) in [6.45, 7) is 5.99. The number of carbonyl (C=O) groups is 2. The summed E-state index contributed by atoms with van der Waals surface area (Å²) in [5, 5.41) is 2.79. The lowest BCUT2D eigenvalue weighted by molar-refractivity contribution is -0.129. The molecule has 5 heteroatoms. The standard InChI is InChI=1S/C17H24N2O3/c1-13(2)22-15-7-5-14(6-8-15)17(21)18-10-9-16(20)19-11-3-4-12-19/h5-8,13H,3-4,9-12H2,1-2H3,(H,18,21). The van der Waals surface area contributed by atoms with Gasteiger partial charge in [-0.3, -0.25) is 9.59 Å². The fourth-order valence-corrected chi connectivity index (χ4v) is 2.47. The van der Waals surface area contributed by atoms with E-state index in [0.29, 0.717) is 18.5 Å². The van der Waals surface area contributed by atoms with Gasteiger partial charge in [-0.25, -0.2) is 0 Å². The zero-order chi connectivity index (χ0) is 15.9. The van der Waals surface area contributed by atoms with Gasteiger partial charge in [0.15, 0.2) is 0 Å². The highest BCUT2D eigenvalue weighted by Crippen LogP contribution is 2.14. The van der Waals surface area contributed by atoms with E-state index in [0.717, 1.165) is 31.7 Å². The molecule has 1 aromatic rings. The number of likely N-dealkylation sites (tertiary alicyclic amines) is 1. The molecule has 1 saturated heterocycles. The maximum Gasteiger partial charge on any atom is 0.251 e. The zero-order valence-electron chi connectivity index (χ0n) is 13.3. The Morgan fingerprint density at radius 1 is 1.18 bits per heavy atom. The first kappa shape index (κ1) is 16.3. The molecule has 0 spiro atoms. The van der Waals surface area contributed by atoms with Crippen molar-refractivity contribution in [3.05, 3.63) is 29.8 Å². The second kappa shape index (κ2) is 7.82. The Bertz CT molecular complexity index is 505. The lowest BCUT2D eigenvalue weighted by atomic mass is 10.2. The third kappa shape index (κ3) is 4.76. The molecule has 2 rings (SSSR count). The maximum absolute atomic E-state index is 12.0. The lowest BCUT2D eigenvalue weighted by Gasteiger charge is -2.15. The Hall–Kier alpha value is -2.04. The van der Waals surface area contributed by atoms with E-state index in [1.165, 1.54) is 0 Å². The van der Waals surface area contributed by atoms with Gasteiger partial charge in [0.1, 0.15) is 5.75 Å². The molecule has 1 aliphatic rings. The minimum atomic E-state index is -0.162. The van der Waals surface area contributed by atoms with Gasteiger partial charge < -0.3 is 15.0 Å². The third-order valence-corrected chi connectivity index (χ3v) is 3.57. The normalized spacial score (nSPS) is 14.2. The van der Waals surface area contributed by atoms with Crippen molar-refractivity contribution < 1.29 is 14.3 Å². The van der Waals surface area contributed by atoms with Gasteiger partial charge in [-0.15, -0.1) is 0 Å². The summed E-state index contributed by atoms with van der Waals surface area (Å²) < 4.78 is 5.54. The molecule has 0 radical (unpaired) electrons. The van der Waals surface area contributed by atoms with Gasteiger partial charge in [-0.05, 0) is 51.0 Å². The highest BCUT2D eigenvalue weighted by atomic mass is 16.5. The summed E-state index contributed by atoms with van der Waals surface area (Å²) in [6.07, 6.45) is 2.64. The average molecular weight is 304 g/mol. The molecule has 1 aliphatic heterocycles. The highest BCUT2D eigenvalue weighted by molar-refractivity contribution is 5.94. The van der Waals surface area contributed by atoms with E-state index in [-0.39, 0.29) is 17.9 Å². The van der Waals surface area contributed by atoms with E-state index in [1.54, 1.807) is 24.3 Å². The number of amides is 2. The Kier molecular flexibility index (Phi) is 5.81. The number of carbonyl (C=O) groups excluding carboxylic acids is 2. The highest BCUT2D eigenvalue weighted by Gasteiger charge is 2.17. The smallest absolute Gasteiger partial charge is 0.251 e. The van der Waals surface area contributed by atoms with Crippen LogP contribution in [0.5, 0.6) is 5.75 Å². The molecule has 1 heterocycles. The zero-order valence-corrected chi connectivity index (χ0v) is 13.3. The first-order chi connectivity index (χ1) is 10.6. The SMILES string of the molecule is CC(C)Oc1ccc(C(=O)NCCC(=O)N2CCCC2)cc1. The molecular formula is C17H24N2O3. The maximum atomic E-state index is 12.0. The predicted molar refractivity (Wildman–Crippen MR) is 85.0 cm³/mol. The molecule has 1 fully saturated rings. The van der Waals surface area contributed by atoms with E-state index in [2.05, 4.69) is 5.32 Å². The first-order valence-electron chi connectivity index (χ1n) is 7.89. The summed E-state index contributed by atoms with van der Waals surface area (Å²) in [4.78, 5) is 25.7. The van der Waals surface area contributed by atoms with E-state index in [4.69, 9.17) is 4.74 Å². The molecule has 0 aliphatic carbocycles. The Labute approximate surface area is 131 Å². The van der Waals surface area contributed by atoms with E-state index < -0.39 is 0 Å². The Morgan fingerprint density at radius 2 is 1.82 bits per heavy atom. The van der Waals surface area contributed by atoms with Crippen molar-refractivity contribution in [2.45, 2.75) is 39.2 Å². The number of hydrogen-bond acceptors (Lipinski definition) is 3. The van der Waals surface area contributed by atoms with Crippen LogP contribution in [-0.4, -0.2) is 42.5 Å². The summed E-state index contributed by atoms with van der Waals surface area (Å²) in [7, 11) is 0. The van der Waals surface area contributed by atoms with Crippen LogP contribution in [0.1, 0.15) is 43.5 Å². The van der Waals surface area contributed by atoms with Gasteiger partial charge in [-0.2, -0.15) is 0 Å². The minimum absolute atomic E-state index is 0.108. The van der Waals surface area contributed by atoms with Crippen molar-refractivity contribution in [1.29, 1.82) is 0 Å². The minimum Gasteiger partial charge on any atom is -0.491 e. The van der Waals surface area contributed by atoms with Crippen molar-refractivity contribution in [1.82, 2.24) is 10.2 Å². The number of benzene rings is 1. The number of hydrogen-bond donors (Lipinski definition) is 1. The first-order valence-corrected chi connectivity index (χ1v) is 7.89. The van der Waals surface area contributed by atoms with Crippen molar-refractivity contribution in [3.63, 3.8) is 0 Å². The van der Waals surface area contributed by atoms with Gasteiger partial charge in [0.05, 0.1) is 6.10 Å². The second-order valence-electron chi connectivity index (χ2n) is 5.78. The molecule has 0 atom stereocenters. The van der Waals surface area contributed by atoms with Crippen LogP contribution in [0, 0.1) is 0 Å². The van der Waals surface area contributed by atoms with Gasteiger partial charge in [-0.1, -0.05) is 0 Å². The summed E-state index contributed by atoms with van der Waals surface area (Å²) in [5.74, 6) is 0.708. The molecule has 0 saturated carbocycles. The van der Waals surface area contributed by atoms with Gasteiger partial charge in [0.2, 0.25) is 5.91 Å². The monoisotopic (exact) mass is 304 g/mol. The van der Waals surface area contributed by atoms with Crippen LogP contribution in [-0.2, 0) is 4.79 Å². The third-order valence-electron chi connectivity index (χ3n) is 3.57. The number of ether oxygens (including phenoxy) is 1. The van der Waals surface area contributed by atoms with Crippen molar-refractivity contribution in [3.8, 4) is 5.75 Å². The van der Waals surface area contributed by atoms with Crippen molar-refractivity contribution in [2.24, 2.45) is 0 Å². The van der Waals surface area contributed by atoms with Gasteiger partial charge in [0.25, 0.3) is 5.91 Å². The van der Waals surface area contributed by atoms with E-state index in [9.17, 15) is 9.59 Å². The van der Waals surface area contributed by atoms with Crippen molar-refractivity contribution >= 4 is 11.8 Å². The summed E-state index contributed by atoms with van der Waals surface area (Å²) >= 11 is 0. The molecule has 22 heavy (non-hydrogen) atoms. The summed E-state index contributed by atoms with van der Waals surface area (Å²) in [6, 6.07) is 7.03. The van der Waals surface area contributed by atoms with Crippen LogP contribution in [0.15, 0.2) is 24.3 Å². The molecule has 1 N–H and O–H groups in total. The van der Waals surface area contributed by atoms with Crippen LogP contribution in [0.25, 0.3) is 0 Å². The fourth-order valence-electron chi connectivity index (χ4n) is 2.47. The van der Waals surface area contributed by atoms with Crippen LogP contribution >= 0.6 is 0 Å². The molecule has 120 valence electrons. The topological polar surface area (TPSA) is 58.6 Å². The molecular weight excluding hydrogens is 280 g/mol. The predicted octanol–water partition coefficient (Wildman–Crippen LogP) is 2.22. The van der Waals surface area contributed by atoms with Crippen LogP contribution in [0.3, 0.4) is 0 Å². The number of nitrogens with zero attached hydrogens (tertiary/aromatic N) is 1. The lowest BCUT2D eigenvalue weighted by Crippen LogP contribution is -2.32. The molecule has 0 bridgehead atoms. The largest absolute Gasteiger partial charge is 0.491 e. The molecule has 2 amide bonds. The average Bonchev–Trinajstić information content (AvgIpc) is 3.01.